The summed E-state index contributed by atoms with van der Waals surface area (Å²) in [5, 5.41) is 6.15. The van der Waals surface area contributed by atoms with Gasteiger partial charge >= 0.3 is 0 Å². The molecule has 2 rings (SSSR count). The van der Waals surface area contributed by atoms with Crippen LogP contribution in [0.1, 0.15) is 19.3 Å². The van der Waals surface area contributed by atoms with Gasteiger partial charge in [-0.1, -0.05) is 17.7 Å². The van der Waals surface area contributed by atoms with Gasteiger partial charge in [0.1, 0.15) is 0 Å². The Balaban J connectivity index is 1.70. The molecule has 1 fully saturated rings. The highest BCUT2D eigenvalue weighted by atomic mass is 35.5. The maximum atomic E-state index is 11.9. The molecule has 0 radical (unpaired) electrons. The van der Waals surface area contributed by atoms with E-state index in [4.69, 9.17) is 11.6 Å². The topological polar surface area (TPSA) is 61.4 Å². The molecule has 0 saturated carbocycles. The predicted molar refractivity (Wildman–Crippen MR) is 87.9 cm³/mol. The van der Waals surface area contributed by atoms with Crippen LogP contribution in [0, 0.1) is 5.92 Å². The van der Waals surface area contributed by atoms with Crippen LogP contribution < -0.4 is 10.6 Å². The van der Waals surface area contributed by atoms with Crippen molar-refractivity contribution in [2.45, 2.75) is 19.3 Å². The lowest BCUT2D eigenvalue weighted by molar-refractivity contribution is -0.126. The number of hydrogen-bond acceptors (Lipinski definition) is 3. The molecule has 120 valence electrons. The molecular weight excluding hydrogens is 302 g/mol. The number of piperidine rings is 1. The zero-order valence-corrected chi connectivity index (χ0v) is 13.5. The van der Waals surface area contributed by atoms with Gasteiger partial charge in [-0.25, -0.2) is 0 Å². The molecule has 22 heavy (non-hydrogen) atoms. The van der Waals surface area contributed by atoms with E-state index >= 15 is 0 Å². The molecular formula is C16H22ClN3O2. The van der Waals surface area contributed by atoms with Gasteiger partial charge in [0.25, 0.3) is 0 Å². The summed E-state index contributed by atoms with van der Waals surface area (Å²) in [6, 6.07) is 7.13. The summed E-state index contributed by atoms with van der Waals surface area (Å²) in [7, 11) is 1.68. The second kappa shape index (κ2) is 8.15. The van der Waals surface area contributed by atoms with Crippen LogP contribution in [0.4, 0.5) is 5.69 Å². The number of nitrogens with zero attached hydrogens (tertiary/aromatic N) is 1. The van der Waals surface area contributed by atoms with Crippen molar-refractivity contribution in [2.24, 2.45) is 5.92 Å². The van der Waals surface area contributed by atoms with Gasteiger partial charge in [-0.15, -0.1) is 0 Å². The van der Waals surface area contributed by atoms with E-state index in [0.717, 1.165) is 31.6 Å². The van der Waals surface area contributed by atoms with Gasteiger partial charge < -0.3 is 15.5 Å². The summed E-state index contributed by atoms with van der Waals surface area (Å²) < 4.78 is 0. The summed E-state index contributed by atoms with van der Waals surface area (Å²) in [4.78, 5) is 25.7. The van der Waals surface area contributed by atoms with Crippen LogP contribution in [0.15, 0.2) is 24.3 Å². The highest BCUT2D eigenvalue weighted by Crippen LogP contribution is 2.18. The maximum absolute atomic E-state index is 11.9. The van der Waals surface area contributed by atoms with Gasteiger partial charge in [0.15, 0.2) is 0 Å². The number of carbonyl (C=O) groups excluding carboxylic acids is 2. The first-order valence-corrected chi connectivity index (χ1v) is 7.95. The number of benzene rings is 1. The molecule has 1 aliphatic rings. The van der Waals surface area contributed by atoms with Crippen molar-refractivity contribution in [1.29, 1.82) is 0 Å². The zero-order chi connectivity index (χ0) is 15.9. The van der Waals surface area contributed by atoms with E-state index in [-0.39, 0.29) is 17.7 Å². The SMILES string of the molecule is CNC(=O)C1CCN(CCC(=O)Nc2cccc(Cl)c2)CC1. The van der Waals surface area contributed by atoms with Crippen molar-refractivity contribution >= 4 is 29.1 Å². The molecule has 1 aliphatic heterocycles. The van der Waals surface area contributed by atoms with Crippen molar-refractivity contribution in [2.75, 3.05) is 32.0 Å². The Morgan fingerprint density at radius 1 is 1.32 bits per heavy atom. The molecule has 1 aromatic rings. The Kier molecular flexibility index (Phi) is 6.21. The molecule has 0 aromatic heterocycles. The fourth-order valence-electron chi connectivity index (χ4n) is 2.67. The second-order valence-corrected chi connectivity index (χ2v) is 5.98. The first-order valence-electron chi connectivity index (χ1n) is 7.58. The number of anilines is 1. The van der Waals surface area contributed by atoms with E-state index in [1.807, 2.05) is 12.1 Å². The van der Waals surface area contributed by atoms with Crippen molar-refractivity contribution in [3.05, 3.63) is 29.3 Å². The lowest BCUT2D eigenvalue weighted by Gasteiger charge is -2.30. The second-order valence-electron chi connectivity index (χ2n) is 5.54. The van der Waals surface area contributed by atoms with Gasteiger partial charge in [-0.3, -0.25) is 9.59 Å². The summed E-state index contributed by atoms with van der Waals surface area (Å²) in [5.74, 6) is 0.218. The van der Waals surface area contributed by atoms with E-state index in [0.29, 0.717) is 18.0 Å². The normalized spacial score (nSPS) is 16.3. The van der Waals surface area contributed by atoms with Gasteiger partial charge in [0.2, 0.25) is 11.8 Å². The highest BCUT2D eigenvalue weighted by Gasteiger charge is 2.24. The molecule has 0 atom stereocenters. The standard InChI is InChI=1S/C16H22ClN3O2/c1-18-16(22)12-5-8-20(9-6-12)10-7-15(21)19-14-4-2-3-13(17)11-14/h2-4,11-12H,5-10H2,1H3,(H,18,22)(H,19,21). The van der Waals surface area contributed by atoms with Crippen molar-refractivity contribution < 1.29 is 9.59 Å². The maximum Gasteiger partial charge on any atom is 0.225 e. The van der Waals surface area contributed by atoms with Crippen LogP contribution >= 0.6 is 11.6 Å². The van der Waals surface area contributed by atoms with E-state index in [1.165, 1.54) is 0 Å². The summed E-state index contributed by atoms with van der Waals surface area (Å²) in [5.41, 5.74) is 0.718. The van der Waals surface area contributed by atoms with Crippen LogP contribution in [-0.2, 0) is 9.59 Å². The summed E-state index contributed by atoms with van der Waals surface area (Å²) in [6.45, 7) is 2.44. The lowest BCUT2D eigenvalue weighted by Crippen LogP contribution is -2.40. The van der Waals surface area contributed by atoms with Crippen LogP contribution in [0.5, 0.6) is 0 Å². The molecule has 6 heteroatoms. The number of hydrogen-bond donors (Lipinski definition) is 2. The Morgan fingerprint density at radius 3 is 2.68 bits per heavy atom. The van der Waals surface area contributed by atoms with Crippen molar-refractivity contribution in [3.63, 3.8) is 0 Å². The van der Waals surface area contributed by atoms with Gasteiger partial charge in [0, 0.05) is 36.6 Å². The Morgan fingerprint density at radius 2 is 2.05 bits per heavy atom. The third-order valence-electron chi connectivity index (χ3n) is 3.97. The average molecular weight is 324 g/mol. The molecule has 5 nitrogen and oxygen atoms in total. The number of halogens is 1. The molecule has 1 aromatic carbocycles. The minimum atomic E-state index is -0.0179. The van der Waals surface area contributed by atoms with Crippen molar-refractivity contribution in [3.8, 4) is 0 Å². The summed E-state index contributed by atoms with van der Waals surface area (Å²) >= 11 is 5.89. The van der Waals surface area contributed by atoms with Crippen LogP contribution in [-0.4, -0.2) is 43.4 Å². The average Bonchev–Trinajstić information content (AvgIpc) is 2.52. The molecule has 1 saturated heterocycles. The minimum Gasteiger partial charge on any atom is -0.359 e. The number of likely N-dealkylation sites (tertiary alicyclic amines) is 1. The predicted octanol–water partition coefficient (Wildman–Crippen LogP) is 2.13. The molecule has 0 unspecified atom stereocenters. The Labute approximate surface area is 136 Å². The number of rotatable bonds is 5. The van der Waals surface area contributed by atoms with Gasteiger partial charge in [0.05, 0.1) is 0 Å². The molecule has 1 heterocycles. The largest absolute Gasteiger partial charge is 0.359 e. The smallest absolute Gasteiger partial charge is 0.225 e. The fraction of sp³-hybridized carbons (Fsp3) is 0.500. The molecule has 0 spiro atoms. The number of carbonyl (C=O) groups is 2. The van der Waals surface area contributed by atoms with Crippen LogP contribution in [0.3, 0.4) is 0 Å². The van der Waals surface area contributed by atoms with E-state index < -0.39 is 0 Å². The van der Waals surface area contributed by atoms with E-state index in [1.54, 1.807) is 19.2 Å². The van der Waals surface area contributed by atoms with Crippen LogP contribution in [0.2, 0.25) is 5.02 Å². The fourth-order valence-corrected chi connectivity index (χ4v) is 2.86. The van der Waals surface area contributed by atoms with Crippen LogP contribution in [0.25, 0.3) is 0 Å². The number of nitrogens with one attached hydrogen (secondary N) is 2. The number of amides is 2. The summed E-state index contributed by atoms with van der Waals surface area (Å²) in [6.07, 6.45) is 2.16. The van der Waals surface area contributed by atoms with E-state index in [2.05, 4.69) is 15.5 Å². The Hall–Kier alpha value is -1.59. The first kappa shape index (κ1) is 16.8. The highest BCUT2D eigenvalue weighted by molar-refractivity contribution is 6.30. The van der Waals surface area contributed by atoms with Gasteiger partial charge in [-0.05, 0) is 44.1 Å². The third-order valence-corrected chi connectivity index (χ3v) is 4.20. The molecule has 0 bridgehead atoms. The third kappa shape index (κ3) is 5.00. The van der Waals surface area contributed by atoms with Gasteiger partial charge in [-0.2, -0.15) is 0 Å². The van der Waals surface area contributed by atoms with E-state index in [9.17, 15) is 9.59 Å². The monoisotopic (exact) mass is 323 g/mol. The quantitative estimate of drug-likeness (QED) is 0.872. The van der Waals surface area contributed by atoms with Crippen molar-refractivity contribution in [1.82, 2.24) is 10.2 Å². The lowest BCUT2D eigenvalue weighted by atomic mass is 9.96. The molecule has 2 amide bonds. The zero-order valence-electron chi connectivity index (χ0n) is 12.8. The Bertz CT molecular complexity index is 528. The molecule has 0 aliphatic carbocycles. The molecule has 2 N–H and O–H groups in total. The minimum absolute atomic E-state index is 0.0179. The first-order chi connectivity index (χ1) is 10.6.